The number of hydrogen-bond donors (Lipinski definition) is 2. The van der Waals surface area contributed by atoms with Crippen molar-refractivity contribution in [2.45, 2.75) is 45.1 Å². The molecule has 4 amide bonds. The molecule has 0 radical (unpaired) electrons. The Kier molecular flexibility index (Phi) is 4.19. The Hall–Kier alpha value is -2.38. The number of nitrogens with one attached hydrogen (secondary N) is 2. The number of aromatic amines is 1. The molecule has 1 saturated heterocycles. The molecule has 1 aromatic rings. The van der Waals surface area contributed by atoms with Gasteiger partial charge >= 0.3 is 6.03 Å². The molecule has 0 atom stereocenters. The van der Waals surface area contributed by atoms with Crippen LogP contribution in [0.15, 0.2) is 0 Å². The normalized spacial score (nSPS) is 21.0. The van der Waals surface area contributed by atoms with Crippen molar-refractivity contribution in [3.8, 4) is 0 Å². The van der Waals surface area contributed by atoms with E-state index in [2.05, 4.69) is 15.5 Å². The maximum atomic E-state index is 12.6. The van der Waals surface area contributed by atoms with Crippen LogP contribution in [-0.2, 0) is 29.0 Å². The van der Waals surface area contributed by atoms with Gasteiger partial charge in [0.15, 0.2) is 0 Å². The molecule has 0 aromatic carbocycles. The molecule has 1 aromatic heterocycles. The van der Waals surface area contributed by atoms with Gasteiger partial charge in [-0.1, -0.05) is 25.7 Å². The van der Waals surface area contributed by atoms with E-state index in [-0.39, 0.29) is 24.9 Å². The molecular weight excluding hydrogens is 322 g/mol. The molecule has 0 spiro atoms. The fraction of sp³-hybridized carbons (Fsp3) is 0.647. The van der Waals surface area contributed by atoms with Gasteiger partial charge in [-0.3, -0.25) is 20.0 Å². The Morgan fingerprint density at radius 2 is 2.00 bits per heavy atom. The number of urea groups is 1. The SMILES string of the molecule is O=C1CN(CC(=O)N2CCc3[nH]nc(CC4CCCC4)c3C2)C(=O)N1. The molecule has 134 valence electrons. The summed E-state index contributed by atoms with van der Waals surface area (Å²) in [6.07, 6.45) is 6.88. The Labute approximate surface area is 145 Å². The van der Waals surface area contributed by atoms with Crippen molar-refractivity contribution in [3.63, 3.8) is 0 Å². The monoisotopic (exact) mass is 345 g/mol. The molecule has 0 unspecified atom stereocenters. The van der Waals surface area contributed by atoms with Crippen molar-refractivity contribution < 1.29 is 14.4 Å². The van der Waals surface area contributed by atoms with E-state index < -0.39 is 6.03 Å². The van der Waals surface area contributed by atoms with Crippen LogP contribution in [0.25, 0.3) is 0 Å². The average molecular weight is 345 g/mol. The molecular formula is C17H23N5O3. The Morgan fingerprint density at radius 3 is 2.72 bits per heavy atom. The quantitative estimate of drug-likeness (QED) is 0.780. The van der Waals surface area contributed by atoms with Gasteiger partial charge in [-0.05, 0) is 12.3 Å². The van der Waals surface area contributed by atoms with E-state index in [1.54, 1.807) is 4.90 Å². The van der Waals surface area contributed by atoms with Gasteiger partial charge in [0.2, 0.25) is 11.8 Å². The van der Waals surface area contributed by atoms with Crippen LogP contribution in [0.4, 0.5) is 4.79 Å². The predicted molar refractivity (Wildman–Crippen MR) is 88.5 cm³/mol. The Morgan fingerprint density at radius 1 is 1.20 bits per heavy atom. The second-order valence-corrected chi connectivity index (χ2v) is 7.26. The zero-order chi connectivity index (χ0) is 17.4. The largest absolute Gasteiger partial charge is 0.336 e. The van der Waals surface area contributed by atoms with Crippen LogP contribution < -0.4 is 5.32 Å². The van der Waals surface area contributed by atoms with Gasteiger partial charge in [-0.25, -0.2) is 4.79 Å². The number of hydrogen-bond acceptors (Lipinski definition) is 4. The first-order chi connectivity index (χ1) is 12.1. The van der Waals surface area contributed by atoms with Crippen molar-refractivity contribution in [2.24, 2.45) is 5.92 Å². The molecule has 8 nitrogen and oxygen atoms in total. The fourth-order valence-electron chi connectivity index (χ4n) is 4.10. The summed E-state index contributed by atoms with van der Waals surface area (Å²) < 4.78 is 0. The molecule has 8 heteroatoms. The van der Waals surface area contributed by atoms with Crippen LogP contribution in [0.2, 0.25) is 0 Å². The molecule has 3 aliphatic rings. The summed E-state index contributed by atoms with van der Waals surface area (Å²) in [5.74, 6) is 0.230. The number of aromatic nitrogens is 2. The molecule has 1 saturated carbocycles. The highest BCUT2D eigenvalue weighted by atomic mass is 16.2. The van der Waals surface area contributed by atoms with E-state index in [4.69, 9.17) is 0 Å². The van der Waals surface area contributed by atoms with E-state index in [0.717, 1.165) is 29.8 Å². The molecule has 0 bridgehead atoms. The summed E-state index contributed by atoms with van der Waals surface area (Å²) >= 11 is 0. The average Bonchev–Trinajstić information content (AvgIpc) is 3.30. The number of nitrogens with zero attached hydrogens (tertiary/aromatic N) is 3. The smallest absolute Gasteiger partial charge is 0.325 e. The van der Waals surface area contributed by atoms with Crippen molar-refractivity contribution in [1.82, 2.24) is 25.3 Å². The minimum Gasteiger partial charge on any atom is -0.336 e. The number of imide groups is 1. The van der Waals surface area contributed by atoms with Crippen molar-refractivity contribution in [3.05, 3.63) is 17.0 Å². The lowest BCUT2D eigenvalue weighted by Crippen LogP contribution is -2.43. The van der Waals surface area contributed by atoms with Crippen LogP contribution >= 0.6 is 0 Å². The Bertz CT molecular complexity index is 707. The number of amides is 4. The summed E-state index contributed by atoms with van der Waals surface area (Å²) in [5.41, 5.74) is 3.37. The second kappa shape index (κ2) is 6.50. The summed E-state index contributed by atoms with van der Waals surface area (Å²) in [7, 11) is 0. The minimum atomic E-state index is -0.485. The molecule has 25 heavy (non-hydrogen) atoms. The number of carbonyl (C=O) groups excluding carboxylic acids is 3. The highest BCUT2D eigenvalue weighted by Crippen LogP contribution is 2.30. The van der Waals surface area contributed by atoms with Crippen LogP contribution in [0.1, 0.15) is 42.6 Å². The third-order valence-electron chi connectivity index (χ3n) is 5.52. The summed E-state index contributed by atoms with van der Waals surface area (Å²) in [4.78, 5) is 38.4. The maximum Gasteiger partial charge on any atom is 0.325 e. The lowest BCUT2D eigenvalue weighted by Gasteiger charge is -2.28. The fourth-order valence-corrected chi connectivity index (χ4v) is 4.10. The third kappa shape index (κ3) is 3.25. The van der Waals surface area contributed by atoms with Gasteiger partial charge in [0.05, 0.1) is 5.69 Å². The standard InChI is InChI=1S/C17H23N5O3/c23-15-9-22(17(25)18-15)10-16(24)21-6-5-13-12(8-21)14(20-19-13)7-11-3-1-2-4-11/h11H,1-10H2,(H,19,20)(H,18,23,25). The molecule has 2 fully saturated rings. The van der Waals surface area contributed by atoms with Gasteiger partial charge < -0.3 is 9.80 Å². The molecule has 1 aliphatic carbocycles. The third-order valence-corrected chi connectivity index (χ3v) is 5.52. The molecule has 3 heterocycles. The lowest BCUT2D eigenvalue weighted by molar-refractivity contribution is -0.132. The number of fused-ring (bicyclic) bond motifs is 1. The molecule has 4 rings (SSSR count). The molecule has 2 N–H and O–H groups in total. The number of H-pyrrole nitrogens is 1. The van der Waals surface area contributed by atoms with Gasteiger partial charge in [0.1, 0.15) is 13.1 Å². The number of rotatable bonds is 4. The first kappa shape index (κ1) is 16.1. The van der Waals surface area contributed by atoms with Crippen LogP contribution in [0.3, 0.4) is 0 Å². The van der Waals surface area contributed by atoms with Crippen molar-refractivity contribution >= 4 is 17.8 Å². The van der Waals surface area contributed by atoms with Gasteiger partial charge in [0.25, 0.3) is 0 Å². The first-order valence-electron chi connectivity index (χ1n) is 9.01. The minimum absolute atomic E-state index is 0.0394. The van der Waals surface area contributed by atoms with E-state index in [1.807, 2.05) is 0 Å². The van der Waals surface area contributed by atoms with E-state index >= 15 is 0 Å². The van der Waals surface area contributed by atoms with Crippen LogP contribution in [0, 0.1) is 5.92 Å². The molecule has 2 aliphatic heterocycles. The zero-order valence-electron chi connectivity index (χ0n) is 14.2. The lowest BCUT2D eigenvalue weighted by atomic mass is 9.96. The Balaban J connectivity index is 1.41. The van der Waals surface area contributed by atoms with Crippen molar-refractivity contribution in [1.29, 1.82) is 0 Å². The van der Waals surface area contributed by atoms with Crippen LogP contribution in [-0.4, -0.2) is 57.5 Å². The van der Waals surface area contributed by atoms with Gasteiger partial charge in [-0.15, -0.1) is 0 Å². The van der Waals surface area contributed by atoms with E-state index in [0.29, 0.717) is 19.0 Å². The zero-order valence-corrected chi connectivity index (χ0v) is 14.2. The van der Waals surface area contributed by atoms with E-state index in [9.17, 15) is 14.4 Å². The van der Waals surface area contributed by atoms with Crippen molar-refractivity contribution in [2.75, 3.05) is 19.6 Å². The van der Waals surface area contributed by atoms with E-state index in [1.165, 1.54) is 30.6 Å². The predicted octanol–water partition coefficient (Wildman–Crippen LogP) is 0.579. The highest BCUT2D eigenvalue weighted by molar-refractivity contribution is 6.03. The summed E-state index contributed by atoms with van der Waals surface area (Å²) in [5, 5.41) is 9.84. The topological polar surface area (TPSA) is 98.4 Å². The van der Waals surface area contributed by atoms with Crippen LogP contribution in [0.5, 0.6) is 0 Å². The first-order valence-corrected chi connectivity index (χ1v) is 9.01. The van der Waals surface area contributed by atoms with Gasteiger partial charge in [0, 0.05) is 30.8 Å². The summed E-state index contributed by atoms with van der Waals surface area (Å²) in [6.45, 7) is 1.06. The summed E-state index contributed by atoms with van der Waals surface area (Å²) in [6, 6.07) is -0.485. The van der Waals surface area contributed by atoms with Gasteiger partial charge in [-0.2, -0.15) is 5.10 Å². The number of carbonyl (C=O) groups is 3. The highest BCUT2D eigenvalue weighted by Gasteiger charge is 2.32. The second-order valence-electron chi connectivity index (χ2n) is 7.26. The maximum absolute atomic E-state index is 12.6.